The summed E-state index contributed by atoms with van der Waals surface area (Å²) in [6.07, 6.45) is 0. The monoisotopic (exact) mass is 300 g/mol. The van der Waals surface area contributed by atoms with Crippen LogP contribution >= 0.6 is 0 Å². The maximum atomic E-state index is 12.9. The van der Waals surface area contributed by atoms with E-state index >= 15 is 0 Å². The van der Waals surface area contributed by atoms with Crippen molar-refractivity contribution in [2.24, 2.45) is 7.05 Å². The third kappa shape index (κ3) is 1.36. The normalized spacial score (nSPS) is 12.8. The molecule has 0 amide bonds. The van der Waals surface area contributed by atoms with E-state index in [4.69, 9.17) is 4.98 Å². The van der Waals surface area contributed by atoms with E-state index in [1.165, 1.54) is 0 Å². The molecule has 0 saturated heterocycles. The van der Waals surface area contributed by atoms with Gasteiger partial charge in [-0.1, -0.05) is 42.5 Å². The number of rotatable bonds is 0. The zero-order valence-electron chi connectivity index (χ0n) is 12.4. The Morgan fingerprint density at radius 2 is 1.65 bits per heavy atom. The van der Waals surface area contributed by atoms with Crippen LogP contribution in [0.15, 0.2) is 48.5 Å². The van der Waals surface area contributed by atoms with E-state index in [1.54, 1.807) is 11.6 Å². The summed E-state index contributed by atoms with van der Waals surface area (Å²) in [6.45, 7) is 0. The lowest BCUT2D eigenvalue weighted by Crippen LogP contribution is -2.13. The topological polar surface area (TPSA) is 55.1 Å². The second kappa shape index (κ2) is 3.98. The molecule has 0 aliphatic heterocycles. The third-order valence-electron chi connectivity index (χ3n) is 4.65. The van der Waals surface area contributed by atoms with Crippen molar-refractivity contribution in [1.29, 1.82) is 0 Å². The van der Waals surface area contributed by atoms with Crippen LogP contribution in [0.1, 0.15) is 16.1 Å². The lowest BCUT2D eigenvalue weighted by molar-refractivity contribution is 0.103. The van der Waals surface area contributed by atoms with Gasteiger partial charge in [0.1, 0.15) is 5.69 Å². The SMILES string of the molecule is Cn1c2c3c(nc4ccccc4c3c1O)-c1ccccc1C2=O. The number of benzene rings is 2. The molecule has 4 nitrogen and oxygen atoms in total. The molecule has 2 aromatic carbocycles. The molecule has 4 heteroatoms. The van der Waals surface area contributed by atoms with Gasteiger partial charge in [-0.2, -0.15) is 0 Å². The fourth-order valence-electron chi connectivity index (χ4n) is 3.59. The summed E-state index contributed by atoms with van der Waals surface area (Å²) in [5.74, 6) is 0.0361. The van der Waals surface area contributed by atoms with Crippen LogP contribution in [-0.2, 0) is 7.05 Å². The highest BCUT2D eigenvalue weighted by Gasteiger charge is 2.32. The molecule has 0 saturated carbocycles. The molecule has 0 radical (unpaired) electrons. The number of hydrogen-bond donors (Lipinski definition) is 1. The van der Waals surface area contributed by atoms with Gasteiger partial charge in [-0.3, -0.25) is 4.79 Å². The van der Waals surface area contributed by atoms with Crippen LogP contribution in [0.5, 0.6) is 5.88 Å². The number of carbonyl (C=O) groups excluding carboxylic acids is 1. The van der Waals surface area contributed by atoms with E-state index in [9.17, 15) is 9.90 Å². The number of fused-ring (bicyclic) bond motifs is 4. The average molecular weight is 300 g/mol. The molecule has 23 heavy (non-hydrogen) atoms. The van der Waals surface area contributed by atoms with E-state index in [2.05, 4.69) is 0 Å². The van der Waals surface area contributed by atoms with Crippen LogP contribution in [0.4, 0.5) is 0 Å². The first-order chi connectivity index (χ1) is 11.2. The van der Waals surface area contributed by atoms with Gasteiger partial charge >= 0.3 is 0 Å². The summed E-state index contributed by atoms with van der Waals surface area (Å²) in [6, 6.07) is 15.2. The molecular weight excluding hydrogens is 288 g/mol. The molecule has 0 spiro atoms. The zero-order valence-corrected chi connectivity index (χ0v) is 12.4. The van der Waals surface area contributed by atoms with E-state index in [-0.39, 0.29) is 11.7 Å². The van der Waals surface area contributed by atoms with Crippen molar-refractivity contribution in [3.63, 3.8) is 0 Å². The lowest BCUT2D eigenvalue weighted by atomic mass is 9.89. The molecule has 5 rings (SSSR count). The van der Waals surface area contributed by atoms with Crippen LogP contribution in [0.3, 0.4) is 0 Å². The molecule has 2 heterocycles. The summed E-state index contributed by atoms with van der Waals surface area (Å²) in [4.78, 5) is 17.7. The zero-order chi connectivity index (χ0) is 15.7. The Hall–Kier alpha value is -3.14. The summed E-state index contributed by atoms with van der Waals surface area (Å²) in [5.41, 5.74) is 3.53. The van der Waals surface area contributed by atoms with Crippen molar-refractivity contribution < 1.29 is 9.90 Å². The number of pyridine rings is 1. The third-order valence-corrected chi connectivity index (χ3v) is 4.65. The van der Waals surface area contributed by atoms with Crippen molar-refractivity contribution >= 4 is 27.5 Å². The van der Waals surface area contributed by atoms with Crippen molar-refractivity contribution in [2.75, 3.05) is 0 Å². The first-order valence-electron chi connectivity index (χ1n) is 7.42. The summed E-state index contributed by atoms with van der Waals surface area (Å²) >= 11 is 0. The van der Waals surface area contributed by atoms with E-state index in [0.29, 0.717) is 16.6 Å². The first kappa shape index (κ1) is 12.4. The highest BCUT2D eigenvalue weighted by Crippen LogP contribution is 2.45. The minimum Gasteiger partial charge on any atom is -0.494 e. The van der Waals surface area contributed by atoms with Crippen LogP contribution < -0.4 is 0 Å². The molecule has 1 N–H and O–H groups in total. The fraction of sp³-hybridized carbons (Fsp3) is 0.0526. The Morgan fingerprint density at radius 1 is 0.957 bits per heavy atom. The van der Waals surface area contributed by atoms with Crippen LogP contribution in [0.25, 0.3) is 32.9 Å². The Morgan fingerprint density at radius 3 is 2.48 bits per heavy atom. The highest BCUT2D eigenvalue weighted by molar-refractivity contribution is 6.29. The summed E-state index contributed by atoms with van der Waals surface area (Å²) in [5, 5.41) is 12.9. The van der Waals surface area contributed by atoms with Gasteiger partial charge in [0.05, 0.1) is 16.6 Å². The van der Waals surface area contributed by atoms with E-state index in [1.807, 2.05) is 48.5 Å². The molecular formula is C19H12N2O2. The summed E-state index contributed by atoms with van der Waals surface area (Å²) in [7, 11) is 1.72. The number of aromatic hydroxyl groups is 1. The Bertz CT molecular complexity index is 1160. The van der Waals surface area contributed by atoms with E-state index in [0.717, 1.165) is 27.5 Å². The lowest BCUT2D eigenvalue weighted by Gasteiger charge is -2.16. The Balaban J connectivity index is 2.14. The maximum Gasteiger partial charge on any atom is 0.210 e. The molecule has 4 aromatic rings. The molecule has 110 valence electrons. The van der Waals surface area contributed by atoms with Crippen LogP contribution in [0, 0.1) is 0 Å². The number of para-hydroxylation sites is 1. The Kier molecular flexibility index (Phi) is 2.15. The first-order valence-corrected chi connectivity index (χ1v) is 7.42. The van der Waals surface area contributed by atoms with Gasteiger partial charge in [0, 0.05) is 28.9 Å². The van der Waals surface area contributed by atoms with Gasteiger partial charge in [-0.25, -0.2) is 4.98 Å². The number of ketones is 1. The van der Waals surface area contributed by atoms with Gasteiger partial charge in [0.2, 0.25) is 5.78 Å². The van der Waals surface area contributed by atoms with Gasteiger partial charge in [0.25, 0.3) is 0 Å². The predicted octanol–water partition coefficient (Wildman–Crippen LogP) is 3.64. The molecule has 0 atom stereocenters. The molecule has 2 aromatic heterocycles. The minimum absolute atomic E-state index is 0.0713. The molecule has 0 fully saturated rings. The van der Waals surface area contributed by atoms with Gasteiger partial charge < -0.3 is 9.67 Å². The average Bonchev–Trinajstić information content (AvgIpc) is 2.85. The van der Waals surface area contributed by atoms with Gasteiger partial charge in [-0.05, 0) is 6.07 Å². The molecule has 1 aliphatic carbocycles. The highest BCUT2D eigenvalue weighted by atomic mass is 16.3. The molecule has 0 bridgehead atoms. The van der Waals surface area contributed by atoms with Crippen molar-refractivity contribution in [3.8, 4) is 17.1 Å². The second-order valence-corrected chi connectivity index (χ2v) is 5.83. The van der Waals surface area contributed by atoms with Crippen LogP contribution in [-0.4, -0.2) is 20.4 Å². The van der Waals surface area contributed by atoms with Gasteiger partial charge in [0.15, 0.2) is 5.88 Å². The minimum atomic E-state index is -0.0713. The maximum absolute atomic E-state index is 12.9. The van der Waals surface area contributed by atoms with Crippen molar-refractivity contribution in [1.82, 2.24) is 9.55 Å². The van der Waals surface area contributed by atoms with Crippen molar-refractivity contribution in [3.05, 3.63) is 59.8 Å². The smallest absolute Gasteiger partial charge is 0.210 e. The fourth-order valence-corrected chi connectivity index (χ4v) is 3.59. The Labute approximate surface area is 131 Å². The van der Waals surface area contributed by atoms with E-state index < -0.39 is 0 Å². The number of aromatic nitrogens is 2. The summed E-state index contributed by atoms with van der Waals surface area (Å²) < 4.78 is 1.57. The van der Waals surface area contributed by atoms with Gasteiger partial charge in [-0.15, -0.1) is 0 Å². The largest absolute Gasteiger partial charge is 0.494 e. The predicted molar refractivity (Wildman–Crippen MR) is 88.8 cm³/mol. The van der Waals surface area contributed by atoms with Crippen LogP contribution in [0.2, 0.25) is 0 Å². The number of nitrogens with zero attached hydrogens (tertiary/aromatic N) is 2. The standard InChI is InChI=1S/C19H12N2O2/c1-21-17-15-14(19(21)23)12-8-4-5-9-13(12)20-16(15)10-6-2-3-7-11(10)18(17)22/h2-9,23H,1H3. The number of hydrogen-bond acceptors (Lipinski definition) is 3. The second-order valence-electron chi connectivity index (χ2n) is 5.83. The molecule has 1 aliphatic rings. The number of carbonyl (C=O) groups is 1. The molecule has 0 unspecified atom stereocenters. The quantitative estimate of drug-likeness (QED) is 0.475. The van der Waals surface area contributed by atoms with Crippen molar-refractivity contribution in [2.45, 2.75) is 0 Å².